The molecule has 18 heavy (non-hydrogen) atoms. The molecule has 0 heterocycles. The average molecular weight is 268 g/mol. The third-order valence-corrected chi connectivity index (χ3v) is 4.82. The predicted molar refractivity (Wildman–Crippen MR) is 72.0 cm³/mol. The van der Waals surface area contributed by atoms with Gasteiger partial charge in [0.15, 0.2) is 0 Å². The van der Waals surface area contributed by atoms with Crippen LogP contribution in [0.4, 0.5) is 0 Å². The molecule has 5 heteroatoms. The van der Waals surface area contributed by atoms with Crippen molar-refractivity contribution in [1.82, 2.24) is 10.0 Å². The van der Waals surface area contributed by atoms with E-state index >= 15 is 0 Å². The molecule has 0 amide bonds. The van der Waals surface area contributed by atoms with E-state index in [-0.39, 0.29) is 6.04 Å². The van der Waals surface area contributed by atoms with Crippen LogP contribution in [0.1, 0.15) is 18.9 Å². The van der Waals surface area contributed by atoms with Crippen LogP contribution in [-0.2, 0) is 16.4 Å². The van der Waals surface area contributed by atoms with Gasteiger partial charge in [-0.2, -0.15) is 0 Å². The van der Waals surface area contributed by atoms with Gasteiger partial charge >= 0.3 is 0 Å². The number of likely N-dealkylation sites (N-methyl/N-ethyl adjacent to an activating group) is 1. The quantitative estimate of drug-likeness (QED) is 0.813. The van der Waals surface area contributed by atoms with Crippen molar-refractivity contribution in [2.75, 3.05) is 13.6 Å². The molecule has 0 saturated heterocycles. The highest BCUT2D eigenvalue weighted by Gasteiger charge is 2.36. The van der Waals surface area contributed by atoms with Crippen LogP contribution in [0.15, 0.2) is 29.2 Å². The second kappa shape index (κ2) is 5.38. The van der Waals surface area contributed by atoms with E-state index in [0.717, 1.165) is 24.9 Å². The zero-order valence-corrected chi connectivity index (χ0v) is 11.6. The fourth-order valence-corrected chi connectivity index (χ4v) is 3.22. The summed E-state index contributed by atoms with van der Waals surface area (Å²) in [4.78, 5) is 0.356. The van der Waals surface area contributed by atoms with Gasteiger partial charge in [-0.15, -0.1) is 0 Å². The van der Waals surface area contributed by atoms with Crippen molar-refractivity contribution in [3.8, 4) is 0 Å². The summed E-state index contributed by atoms with van der Waals surface area (Å²) in [6.45, 7) is 2.94. The lowest BCUT2D eigenvalue weighted by Crippen LogP contribution is -2.26. The fourth-order valence-electron chi connectivity index (χ4n) is 1.86. The number of rotatable bonds is 6. The van der Waals surface area contributed by atoms with Crippen molar-refractivity contribution in [3.63, 3.8) is 0 Å². The molecular formula is C13H20N2O2S. The maximum Gasteiger partial charge on any atom is 0.240 e. The average Bonchev–Trinajstić information content (AvgIpc) is 3.02. The van der Waals surface area contributed by atoms with Crippen molar-refractivity contribution in [1.29, 1.82) is 0 Å². The number of nitrogens with one attached hydrogen (secondary N) is 2. The first-order valence-electron chi connectivity index (χ1n) is 6.29. The van der Waals surface area contributed by atoms with E-state index in [1.54, 1.807) is 12.1 Å². The Morgan fingerprint density at radius 2 is 1.89 bits per heavy atom. The number of hydrogen-bond acceptors (Lipinski definition) is 3. The highest BCUT2D eigenvalue weighted by atomic mass is 32.2. The van der Waals surface area contributed by atoms with Gasteiger partial charge in [0, 0.05) is 6.04 Å². The van der Waals surface area contributed by atoms with Crippen LogP contribution < -0.4 is 10.0 Å². The van der Waals surface area contributed by atoms with E-state index in [2.05, 4.69) is 10.0 Å². The zero-order chi connectivity index (χ0) is 13.2. The summed E-state index contributed by atoms with van der Waals surface area (Å²) in [5, 5.41) is 3.07. The summed E-state index contributed by atoms with van der Waals surface area (Å²) in [6, 6.07) is 7.24. The van der Waals surface area contributed by atoms with E-state index in [4.69, 9.17) is 0 Å². The highest BCUT2D eigenvalue weighted by Crippen LogP contribution is 2.30. The fraction of sp³-hybridized carbons (Fsp3) is 0.538. The molecule has 1 aromatic carbocycles. The molecule has 1 aliphatic carbocycles. The summed E-state index contributed by atoms with van der Waals surface area (Å²) in [7, 11) is -1.43. The topological polar surface area (TPSA) is 58.2 Å². The molecule has 1 aliphatic rings. The second-order valence-electron chi connectivity index (χ2n) is 4.94. The maximum absolute atomic E-state index is 12.0. The third kappa shape index (κ3) is 3.31. The van der Waals surface area contributed by atoms with E-state index in [0.29, 0.717) is 10.8 Å². The van der Waals surface area contributed by atoms with Crippen LogP contribution >= 0.6 is 0 Å². The van der Waals surface area contributed by atoms with Crippen molar-refractivity contribution >= 4 is 10.0 Å². The highest BCUT2D eigenvalue weighted by molar-refractivity contribution is 7.89. The monoisotopic (exact) mass is 268 g/mol. The Kier molecular flexibility index (Phi) is 4.04. The van der Waals surface area contributed by atoms with E-state index in [1.807, 2.05) is 26.1 Å². The van der Waals surface area contributed by atoms with Crippen LogP contribution in [0.2, 0.25) is 0 Å². The van der Waals surface area contributed by atoms with E-state index in [9.17, 15) is 8.42 Å². The van der Waals surface area contributed by atoms with Crippen LogP contribution in [0.5, 0.6) is 0 Å². The minimum atomic E-state index is -3.33. The molecule has 2 N–H and O–H groups in total. The van der Waals surface area contributed by atoms with Gasteiger partial charge in [-0.1, -0.05) is 19.1 Å². The lowest BCUT2D eigenvalue weighted by atomic mass is 10.1. The van der Waals surface area contributed by atoms with Crippen molar-refractivity contribution in [2.24, 2.45) is 5.92 Å². The van der Waals surface area contributed by atoms with Gasteiger partial charge in [-0.05, 0) is 50.0 Å². The van der Waals surface area contributed by atoms with Gasteiger partial charge in [-0.3, -0.25) is 0 Å². The zero-order valence-electron chi connectivity index (χ0n) is 10.8. The normalized spacial score (nSPS) is 23.0. The standard InChI is InChI=1S/C13H20N2O2S/c1-10-9-13(10)15-18(16,17)12-5-3-11(4-6-12)7-8-14-2/h3-6,10,13-15H,7-9H2,1-2H3. The summed E-state index contributed by atoms with van der Waals surface area (Å²) in [5.74, 6) is 0.467. The molecule has 0 bridgehead atoms. The minimum absolute atomic E-state index is 0.124. The van der Waals surface area contributed by atoms with E-state index in [1.165, 1.54) is 0 Å². The Hall–Kier alpha value is -0.910. The van der Waals surface area contributed by atoms with Crippen LogP contribution in [0, 0.1) is 5.92 Å². The summed E-state index contributed by atoms with van der Waals surface area (Å²) in [6.07, 6.45) is 1.85. The SMILES string of the molecule is CNCCc1ccc(S(=O)(=O)NC2CC2C)cc1. The molecule has 2 rings (SSSR count). The molecule has 4 nitrogen and oxygen atoms in total. The molecule has 1 fully saturated rings. The van der Waals surface area contributed by atoms with Gasteiger partial charge in [-0.25, -0.2) is 13.1 Å². The number of sulfonamides is 1. The van der Waals surface area contributed by atoms with Crippen LogP contribution in [-0.4, -0.2) is 28.1 Å². The van der Waals surface area contributed by atoms with Crippen molar-refractivity contribution < 1.29 is 8.42 Å². The molecule has 0 radical (unpaired) electrons. The third-order valence-electron chi connectivity index (χ3n) is 3.31. The summed E-state index contributed by atoms with van der Waals surface area (Å²) in [5.41, 5.74) is 1.14. The molecule has 0 aromatic heterocycles. The first-order valence-corrected chi connectivity index (χ1v) is 7.77. The lowest BCUT2D eigenvalue weighted by molar-refractivity contribution is 0.578. The Bertz CT molecular complexity index is 496. The van der Waals surface area contributed by atoms with Crippen molar-refractivity contribution in [2.45, 2.75) is 30.7 Å². The number of hydrogen-bond donors (Lipinski definition) is 2. The van der Waals surface area contributed by atoms with Gasteiger partial charge in [0.1, 0.15) is 0 Å². The Morgan fingerprint density at radius 3 is 2.39 bits per heavy atom. The molecule has 0 aliphatic heterocycles. The smallest absolute Gasteiger partial charge is 0.240 e. The molecule has 2 atom stereocenters. The van der Waals surface area contributed by atoms with Gasteiger partial charge in [0.2, 0.25) is 10.0 Å². The molecule has 0 spiro atoms. The molecule has 1 aromatic rings. The van der Waals surface area contributed by atoms with Crippen molar-refractivity contribution in [3.05, 3.63) is 29.8 Å². The summed E-state index contributed by atoms with van der Waals surface area (Å²) >= 11 is 0. The Labute approximate surface area is 109 Å². The van der Waals surface area contributed by atoms with Crippen LogP contribution in [0.3, 0.4) is 0 Å². The van der Waals surface area contributed by atoms with Gasteiger partial charge in [0.05, 0.1) is 4.90 Å². The molecule has 2 unspecified atom stereocenters. The van der Waals surface area contributed by atoms with E-state index < -0.39 is 10.0 Å². The lowest BCUT2D eigenvalue weighted by Gasteiger charge is -2.07. The number of benzene rings is 1. The summed E-state index contributed by atoms with van der Waals surface area (Å²) < 4.78 is 26.8. The van der Waals surface area contributed by atoms with Gasteiger partial charge < -0.3 is 5.32 Å². The molecule has 100 valence electrons. The molecular weight excluding hydrogens is 248 g/mol. The second-order valence-corrected chi connectivity index (χ2v) is 6.65. The van der Waals surface area contributed by atoms with Gasteiger partial charge in [0.25, 0.3) is 0 Å². The largest absolute Gasteiger partial charge is 0.319 e. The first kappa shape index (κ1) is 13.5. The molecule has 1 saturated carbocycles. The minimum Gasteiger partial charge on any atom is -0.319 e. The first-order chi connectivity index (χ1) is 8.53. The van der Waals surface area contributed by atoms with Crippen LogP contribution in [0.25, 0.3) is 0 Å². The maximum atomic E-state index is 12.0. The predicted octanol–water partition coefficient (Wildman–Crippen LogP) is 1.14. The Balaban J connectivity index is 2.03. The Morgan fingerprint density at radius 1 is 1.28 bits per heavy atom.